The fourth-order valence-corrected chi connectivity index (χ4v) is 2.44. The lowest BCUT2D eigenvalue weighted by Gasteiger charge is -2.25. The molecular weight excluding hydrogens is 250 g/mol. The fourth-order valence-electron chi connectivity index (χ4n) is 2.44. The Morgan fingerprint density at radius 1 is 1.00 bits per heavy atom. The highest BCUT2D eigenvalue weighted by Crippen LogP contribution is 2.34. The maximum atomic E-state index is 12.3. The SMILES string of the molecule is Cc1c(C)c(C)c(C(C)C(=O)OC(C)(C)C)c(N)c1C. The second-order valence-corrected chi connectivity index (χ2v) is 6.58. The molecule has 112 valence electrons. The van der Waals surface area contributed by atoms with Crippen LogP contribution in [0.2, 0.25) is 0 Å². The molecule has 0 bridgehead atoms. The molecule has 0 aromatic heterocycles. The van der Waals surface area contributed by atoms with E-state index in [1.807, 2.05) is 41.5 Å². The van der Waals surface area contributed by atoms with Gasteiger partial charge in [-0.25, -0.2) is 0 Å². The predicted octanol–water partition coefficient (Wildman–Crippen LogP) is 3.95. The monoisotopic (exact) mass is 277 g/mol. The number of benzene rings is 1. The predicted molar refractivity (Wildman–Crippen MR) is 84.1 cm³/mol. The molecule has 3 heteroatoms. The lowest BCUT2D eigenvalue weighted by Crippen LogP contribution is -2.27. The van der Waals surface area contributed by atoms with Crippen molar-refractivity contribution in [3.8, 4) is 0 Å². The molecule has 0 saturated carbocycles. The number of nitrogen functional groups attached to an aromatic ring is 1. The van der Waals surface area contributed by atoms with Crippen LogP contribution in [0.4, 0.5) is 5.69 Å². The zero-order chi connectivity index (χ0) is 15.8. The number of anilines is 1. The third-order valence-electron chi connectivity index (χ3n) is 3.98. The van der Waals surface area contributed by atoms with E-state index in [0.29, 0.717) is 5.69 Å². The molecule has 1 unspecified atom stereocenters. The van der Waals surface area contributed by atoms with E-state index in [1.54, 1.807) is 0 Å². The molecule has 0 saturated heterocycles. The van der Waals surface area contributed by atoms with Crippen molar-refractivity contribution in [1.82, 2.24) is 0 Å². The van der Waals surface area contributed by atoms with E-state index in [-0.39, 0.29) is 11.9 Å². The van der Waals surface area contributed by atoms with E-state index in [1.165, 1.54) is 11.1 Å². The van der Waals surface area contributed by atoms with Gasteiger partial charge < -0.3 is 10.5 Å². The number of hydrogen-bond acceptors (Lipinski definition) is 3. The Morgan fingerprint density at radius 3 is 1.90 bits per heavy atom. The van der Waals surface area contributed by atoms with Gasteiger partial charge in [0.2, 0.25) is 0 Å². The smallest absolute Gasteiger partial charge is 0.313 e. The molecule has 2 N–H and O–H groups in total. The van der Waals surface area contributed by atoms with Crippen LogP contribution in [0.15, 0.2) is 0 Å². The topological polar surface area (TPSA) is 52.3 Å². The zero-order valence-electron chi connectivity index (χ0n) is 14.0. The van der Waals surface area contributed by atoms with Gasteiger partial charge in [0, 0.05) is 5.69 Å². The Balaban J connectivity index is 3.30. The minimum atomic E-state index is -0.483. The van der Waals surface area contributed by atoms with Gasteiger partial charge in [-0.2, -0.15) is 0 Å². The second kappa shape index (κ2) is 5.47. The van der Waals surface area contributed by atoms with Gasteiger partial charge in [-0.1, -0.05) is 0 Å². The first kappa shape index (κ1) is 16.5. The van der Waals surface area contributed by atoms with Crippen LogP contribution in [0, 0.1) is 27.7 Å². The first-order valence-electron chi connectivity index (χ1n) is 7.06. The molecule has 3 nitrogen and oxygen atoms in total. The summed E-state index contributed by atoms with van der Waals surface area (Å²) in [5, 5.41) is 0. The van der Waals surface area contributed by atoms with Gasteiger partial charge in [0.15, 0.2) is 0 Å². The second-order valence-electron chi connectivity index (χ2n) is 6.58. The molecule has 0 radical (unpaired) electrons. The van der Waals surface area contributed by atoms with Crippen LogP contribution in [-0.4, -0.2) is 11.6 Å². The Labute approximate surface area is 122 Å². The van der Waals surface area contributed by atoms with Crippen LogP contribution in [0.1, 0.15) is 61.4 Å². The number of hydrogen-bond donors (Lipinski definition) is 1. The van der Waals surface area contributed by atoms with Gasteiger partial charge in [-0.05, 0) is 83.2 Å². The van der Waals surface area contributed by atoms with Crippen LogP contribution in [0.25, 0.3) is 0 Å². The summed E-state index contributed by atoms with van der Waals surface area (Å²) in [5.74, 6) is -0.581. The van der Waals surface area contributed by atoms with Gasteiger partial charge in [0.05, 0.1) is 5.92 Å². The summed E-state index contributed by atoms with van der Waals surface area (Å²) < 4.78 is 5.48. The van der Waals surface area contributed by atoms with E-state index in [9.17, 15) is 4.79 Å². The highest BCUT2D eigenvalue weighted by molar-refractivity contribution is 5.82. The number of ether oxygens (including phenoxy) is 1. The molecule has 0 aliphatic carbocycles. The van der Waals surface area contributed by atoms with Crippen molar-refractivity contribution in [2.24, 2.45) is 0 Å². The largest absolute Gasteiger partial charge is 0.460 e. The standard InChI is InChI=1S/C17H27NO2/c1-9-10(2)12(4)15(18)14(11(9)3)13(5)16(19)20-17(6,7)8/h13H,18H2,1-8H3. The molecule has 20 heavy (non-hydrogen) atoms. The molecule has 0 aliphatic rings. The third-order valence-corrected chi connectivity index (χ3v) is 3.98. The minimum Gasteiger partial charge on any atom is -0.460 e. The lowest BCUT2D eigenvalue weighted by atomic mass is 9.86. The highest BCUT2D eigenvalue weighted by atomic mass is 16.6. The summed E-state index contributed by atoms with van der Waals surface area (Å²) in [7, 11) is 0. The average molecular weight is 277 g/mol. The average Bonchev–Trinajstić information content (AvgIpc) is 2.32. The first-order valence-corrected chi connectivity index (χ1v) is 7.06. The molecule has 1 aromatic carbocycles. The summed E-state index contributed by atoms with van der Waals surface area (Å²) in [6, 6.07) is 0. The van der Waals surface area contributed by atoms with Crippen molar-refractivity contribution in [3.63, 3.8) is 0 Å². The zero-order valence-corrected chi connectivity index (χ0v) is 14.0. The molecule has 0 aliphatic heterocycles. The van der Waals surface area contributed by atoms with Gasteiger partial charge >= 0.3 is 5.97 Å². The van der Waals surface area contributed by atoms with E-state index in [2.05, 4.69) is 13.8 Å². The normalized spacial score (nSPS) is 13.2. The Kier molecular flexibility index (Phi) is 4.52. The first-order chi connectivity index (χ1) is 8.97. The number of rotatable bonds is 2. The van der Waals surface area contributed by atoms with Gasteiger partial charge in [-0.3, -0.25) is 4.79 Å². The van der Waals surface area contributed by atoms with E-state index < -0.39 is 5.60 Å². The van der Waals surface area contributed by atoms with Gasteiger partial charge in [-0.15, -0.1) is 0 Å². The molecule has 0 heterocycles. The summed E-state index contributed by atoms with van der Waals surface area (Å²) in [5.41, 5.74) is 11.9. The molecule has 1 aromatic rings. The van der Waals surface area contributed by atoms with E-state index >= 15 is 0 Å². The molecule has 0 spiro atoms. The lowest BCUT2D eigenvalue weighted by molar-refractivity contribution is -0.156. The summed E-state index contributed by atoms with van der Waals surface area (Å²) >= 11 is 0. The number of esters is 1. The Bertz CT molecular complexity index is 510. The van der Waals surface area contributed by atoms with Crippen LogP contribution in [0.3, 0.4) is 0 Å². The van der Waals surface area contributed by atoms with Crippen molar-refractivity contribution in [2.75, 3.05) is 5.73 Å². The van der Waals surface area contributed by atoms with Crippen molar-refractivity contribution >= 4 is 11.7 Å². The number of nitrogens with two attached hydrogens (primary N) is 1. The molecule has 1 atom stereocenters. The van der Waals surface area contributed by atoms with Crippen molar-refractivity contribution in [1.29, 1.82) is 0 Å². The molecule has 1 rings (SSSR count). The molecule has 0 fully saturated rings. The maximum Gasteiger partial charge on any atom is 0.313 e. The summed E-state index contributed by atoms with van der Waals surface area (Å²) in [6.45, 7) is 15.6. The summed E-state index contributed by atoms with van der Waals surface area (Å²) in [6.07, 6.45) is 0. The van der Waals surface area contributed by atoms with Gasteiger partial charge in [0.1, 0.15) is 5.60 Å². The highest BCUT2D eigenvalue weighted by Gasteiger charge is 2.27. The van der Waals surface area contributed by atoms with Crippen molar-refractivity contribution < 1.29 is 9.53 Å². The van der Waals surface area contributed by atoms with Crippen LogP contribution in [0.5, 0.6) is 0 Å². The van der Waals surface area contributed by atoms with Crippen LogP contribution >= 0.6 is 0 Å². The van der Waals surface area contributed by atoms with Crippen LogP contribution < -0.4 is 5.73 Å². The Hall–Kier alpha value is -1.51. The van der Waals surface area contributed by atoms with E-state index in [4.69, 9.17) is 10.5 Å². The fraction of sp³-hybridized carbons (Fsp3) is 0.588. The third kappa shape index (κ3) is 3.14. The van der Waals surface area contributed by atoms with Crippen LogP contribution in [-0.2, 0) is 9.53 Å². The van der Waals surface area contributed by atoms with Gasteiger partial charge in [0.25, 0.3) is 0 Å². The molecular formula is C17H27NO2. The van der Waals surface area contributed by atoms with Crippen molar-refractivity contribution in [3.05, 3.63) is 27.8 Å². The minimum absolute atomic E-state index is 0.227. The van der Waals surface area contributed by atoms with Crippen molar-refractivity contribution in [2.45, 2.75) is 66.9 Å². The number of carbonyl (C=O) groups is 1. The maximum absolute atomic E-state index is 12.3. The van der Waals surface area contributed by atoms with E-state index in [0.717, 1.165) is 16.7 Å². The number of carbonyl (C=O) groups excluding carboxylic acids is 1. The Morgan fingerprint density at radius 2 is 1.45 bits per heavy atom. The molecule has 0 amide bonds. The summed E-state index contributed by atoms with van der Waals surface area (Å²) in [4.78, 5) is 12.3. The quantitative estimate of drug-likeness (QED) is 0.658.